The Labute approximate surface area is 116 Å². The van der Waals surface area contributed by atoms with Crippen LogP contribution >= 0.6 is 15.9 Å². The van der Waals surface area contributed by atoms with Gasteiger partial charge in [-0.25, -0.2) is 0 Å². The summed E-state index contributed by atoms with van der Waals surface area (Å²) in [4.78, 5) is 12.0. The number of carbonyl (C=O) groups is 1. The number of ether oxygens (including phenoxy) is 1. The molecule has 1 aromatic rings. The van der Waals surface area contributed by atoms with E-state index in [-0.39, 0.29) is 5.91 Å². The molecule has 0 bridgehead atoms. The molecule has 3 nitrogen and oxygen atoms in total. The fourth-order valence-electron chi connectivity index (χ4n) is 2.03. The minimum Gasteiger partial charge on any atom is -0.497 e. The number of hydrogen-bond acceptors (Lipinski definition) is 2. The summed E-state index contributed by atoms with van der Waals surface area (Å²) in [6.45, 7) is 0.772. The number of rotatable bonds is 6. The molecule has 18 heavy (non-hydrogen) atoms. The van der Waals surface area contributed by atoms with E-state index in [1.54, 1.807) is 13.2 Å². The molecule has 0 aromatic heterocycles. The summed E-state index contributed by atoms with van der Waals surface area (Å²) in [5.41, 5.74) is 1.00. The molecule has 2 rings (SSSR count). The topological polar surface area (TPSA) is 38.3 Å². The van der Waals surface area contributed by atoms with Gasteiger partial charge in [-0.2, -0.15) is 0 Å². The average molecular weight is 312 g/mol. The number of nitrogens with one attached hydrogen (secondary N) is 1. The van der Waals surface area contributed by atoms with Crippen LogP contribution in [0.5, 0.6) is 5.75 Å². The predicted octanol–water partition coefficient (Wildman–Crippen LogP) is 2.99. The highest BCUT2D eigenvalue weighted by molar-refractivity contribution is 9.09. The fourth-order valence-corrected chi connectivity index (χ4v) is 2.87. The van der Waals surface area contributed by atoms with Gasteiger partial charge in [0.1, 0.15) is 5.75 Å². The molecule has 0 saturated heterocycles. The van der Waals surface area contributed by atoms with E-state index in [2.05, 4.69) is 21.2 Å². The lowest BCUT2D eigenvalue weighted by Crippen LogP contribution is -2.30. The number of amides is 1. The SMILES string of the molecule is COc1cccc(C(=O)NCC2(CCBr)CC2)c1. The summed E-state index contributed by atoms with van der Waals surface area (Å²) in [5, 5.41) is 4.02. The van der Waals surface area contributed by atoms with E-state index in [4.69, 9.17) is 4.74 Å². The molecular weight excluding hydrogens is 294 g/mol. The van der Waals surface area contributed by atoms with Crippen LogP contribution in [0.15, 0.2) is 24.3 Å². The van der Waals surface area contributed by atoms with Gasteiger partial charge in [-0.3, -0.25) is 4.79 Å². The van der Waals surface area contributed by atoms with E-state index in [1.165, 1.54) is 12.8 Å². The molecule has 0 unspecified atom stereocenters. The number of benzene rings is 1. The predicted molar refractivity (Wildman–Crippen MR) is 75.4 cm³/mol. The van der Waals surface area contributed by atoms with Crippen molar-refractivity contribution in [3.8, 4) is 5.75 Å². The van der Waals surface area contributed by atoms with Gasteiger partial charge in [0.05, 0.1) is 7.11 Å². The maximum Gasteiger partial charge on any atom is 0.251 e. The van der Waals surface area contributed by atoms with Gasteiger partial charge in [-0.1, -0.05) is 22.0 Å². The molecular formula is C14H18BrNO2. The average Bonchev–Trinajstić information content (AvgIpc) is 3.17. The molecule has 4 heteroatoms. The number of hydrogen-bond donors (Lipinski definition) is 1. The van der Waals surface area contributed by atoms with Crippen LogP contribution in [-0.4, -0.2) is 24.9 Å². The van der Waals surface area contributed by atoms with Crippen molar-refractivity contribution in [2.75, 3.05) is 19.0 Å². The Bertz CT molecular complexity index is 430. The smallest absolute Gasteiger partial charge is 0.251 e. The number of methoxy groups -OCH3 is 1. The number of alkyl halides is 1. The second-order valence-corrected chi connectivity index (χ2v) is 5.65. The van der Waals surface area contributed by atoms with Gasteiger partial charge < -0.3 is 10.1 Å². The summed E-state index contributed by atoms with van der Waals surface area (Å²) < 4.78 is 5.12. The van der Waals surface area contributed by atoms with Crippen LogP contribution in [0.4, 0.5) is 0 Å². The normalized spacial score (nSPS) is 16.1. The Hall–Kier alpha value is -1.03. The van der Waals surface area contributed by atoms with E-state index in [9.17, 15) is 4.79 Å². The van der Waals surface area contributed by atoms with E-state index in [1.807, 2.05) is 18.2 Å². The van der Waals surface area contributed by atoms with Crippen molar-refractivity contribution in [2.24, 2.45) is 5.41 Å². The molecule has 1 fully saturated rings. The minimum absolute atomic E-state index is 0.0188. The first-order chi connectivity index (χ1) is 8.69. The highest BCUT2D eigenvalue weighted by Gasteiger charge is 2.41. The zero-order valence-corrected chi connectivity index (χ0v) is 12.1. The summed E-state index contributed by atoms with van der Waals surface area (Å²) in [6, 6.07) is 7.24. The molecule has 1 aliphatic rings. The molecule has 0 aliphatic heterocycles. The molecule has 0 radical (unpaired) electrons. The first-order valence-corrected chi connectivity index (χ1v) is 7.29. The number of halogens is 1. The van der Waals surface area contributed by atoms with Crippen LogP contribution in [0.2, 0.25) is 0 Å². The molecule has 1 N–H and O–H groups in total. The highest BCUT2D eigenvalue weighted by Crippen LogP contribution is 2.48. The second-order valence-electron chi connectivity index (χ2n) is 4.85. The van der Waals surface area contributed by atoms with Crippen molar-refractivity contribution >= 4 is 21.8 Å². The molecule has 1 aliphatic carbocycles. The lowest BCUT2D eigenvalue weighted by Gasteiger charge is -2.14. The van der Waals surface area contributed by atoms with Crippen molar-refractivity contribution in [1.82, 2.24) is 5.32 Å². The first-order valence-electron chi connectivity index (χ1n) is 6.17. The van der Waals surface area contributed by atoms with Gasteiger partial charge in [0.2, 0.25) is 0 Å². The van der Waals surface area contributed by atoms with Crippen molar-refractivity contribution < 1.29 is 9.53 Å². The first kappa shape index (κ1) is 13.4. The van der Waals surface area contributed by atoms with Crippen molar-refractivity contribution in [1.29, 1.82) is 0 Å². The van der Waals surface area contributed by atoms with Crippen LogP contribution in [-0.2, 0) is 0 Å². The van der Waals surface area contributed by atoms with E-state index in [0.717, 1.165) is 18.3 Å². The Kier molecular flexibility index (Phi) is 4.27. The lowest BCUT2D eigenvalue weighted by molar-refractivity contribution is 0.0944. The molecule has 1 aromatic carbocycles. The molecule has 0 heterocycles. The van der Waals surface area contributed by atoms with Gasteiger partial charge in [0, 0.05) is 17.4 Å². The van der Waals surface area contributed by atoms with E-state index >= 15 is 0 Å². The Morgan fingerprint density at radius 3 is 2.89 bits per heavy atom. The van der Waals surface area contributed by atoms with Crippen molar-refractivity contribution in [3.63, 3.8) is 0 Å². The van der Waals surface area contributed by atoms with Gasteiger partial charge in [0.25, 0.3) is 5.91 Å². The fraction of sp³-hybridized carbons (Fsp3) is 0.500. The molecule has 1 amide bonds. The zero-order chi connectivity index (χ0) is 13.0. The summed E-state index contributed by atoms with van der Waals surface area (Å²) in [5.74, 6) is 0.694. The Balaban J connectivity index is 1.91. The van der Waals surface area contributed by atoms with Crippen LogP contribution in [0.3, 0.4) is 0 Å². The molecule has 98 valence electrons. The van der Waals surface area contributed by atoms with E-state index in [0.29, 0.717) is 16.7 Å². The van der Waals surface area contributed by atoms with Gasteiger partial charge in [-0.05, 0) is 42.9 Å². The van der Waals surface area contributed by atoms with Gasteiger partial charge in [0.15, 0.2) is 0 Å². The quantitative estimate of drug-likeness (QED) is 0.820. The molecule has 0 atom stereocenters. The summed E-state index contributed by atoms with van der Waals surface area (Å²) in [7, 11) is 1.60. The third-order valence-electron chi connectivity index (χ3n) is 3.54. The zero-order valence-electron chi connectivity index (χ0n) is 10.5. The van der Waals surface area contributed by atoms with Gasteiger partial charge in [-0.15, -0.1) is 0 Å². The molecule has 1 saturated carbocycles. The van der Waals surface area contributed by atoms with Gasteiger partial charge >= 0.3 is 0 Å². The highest BCUT2D eigenvalue weighted by atomic mass is 79.9. The number of carbonyl (C=O) groups excluding carboxylic acids is 1. The third-order valence-corrected chi connectivity index (χ3v) is 3.93. The Morgan fingerprint density at radius 1 is 1.50 bits per heavy atom. The van der Waals surface area contributed by atoms with Crippen molar-refractivity contribution in [3.05, 3.63) is 29.8 Å². The maximum absolute atomic E-state index is 12.0. The Morgan fingerprint density at radius 2 is 2.28 bits per heavy atom. The maximum atomic E-state index is 12.0. The van der Waals surface area contributed by atoms with E-state index < -0.39 is 0 Å². The van der Waals surface area contributed by atoms with Crippen molar-refractivity contribution in [2.45, 2.75) is 19.3 Å². The van der Waals surface area contributed by atoms with Crippen LogP contribution in [0.1, 0.15) is 29.6 Å². The van der Waals surface area contributed by atoms with Crippen LogP contribution in [0, 0.1) is 5.41 Å². The third kappa shape index (κ3) is 3.25. The van der Waals surface area contributed by atoms with Crippen LogP contribution < -0.4 is 10.1 Å². The standard InChI is InChI=1S/C14H18BrNO2/c1-18-12-4-2-3-11(9-12)13(17)16-10-14(5-6-14)7-8-15/h2-4,9H,5-8,10H2,1H3,(H,16,17). The minimum atomic E-state index is -0.0188. The lowest BCUT2D eigenvalue weighted by atomic mass is 10.0. The molecule has 0 spiro atoms. The summed E-state index contributed by atoms with van der Waals surface area (Å²) >= 11 is 3.47. The monoisotopic (exact) mass is 311 g/mol. The van der Waals surface area contributed by atoms with Crippen LogP contribution in [0.25, 0.3) is 0 Å². The largest absolute Gasteiger partial charge is 0.497 e. The second kappa shape index (κ2) is 5.74. The summed E-state index contributed by atoms with van der Waals surface area (Å²) in [6.07, 6.45) is 3.57.